The first-order chi connectivity index (χ1) is 9.29. The summed E-state index contributed by atoms with van der Waals surface area (Å²) < 4.78 is 37.3. The summed E-state index contributed by atoms with van der Waals surface area (Å²) in [5.74, 6) is -0.794. The van der Waals surface area contributed by atoms with E-state index in [2.05, 4.69) is 0 Å². The number of rotatable bonds is 2. The molecule has 20 heavy (non-hydrogen) atoms. The van der Waals surface area contributed by atoms with Crippen LogP contribution in [0.3, 0.4) is 0 Å². The molecule has 1 aliphatic rings. The SMILES string of the molecule is Cc1ccccc1N1CCC(=O)N(CC(F)(F)F)C1=O. The number of nitrogens with zero attached hydrogens (tertiary/aromatic N) is 2. The van der Waals surface area contributed by atoms with Gasteiger partial charge in [0, 0.05) is 18.7 Å². The second kappa shape index (κ2) is 5.15. The van der Waals surface area contributed by atoms with Crippen LogP contribution in [0, 0.1) is 6.92 Å². The number of halogens is 3. The molecule has 2 rings (SSSR count). The lowest BCUT2D eigenvalue weighted by Crippen LogP contribution is -2.55. The third-order valence-corrected chi connectivity index (χ3v) is 3.06. The Kier molecular flexibility index (Phi) is 3.69. The first-order valence-corrected chi connectivity index (χ1v) is 6.04. The topological polar surface area (TPSA) is 40.6 Å². The Balaban J connectivity index is 2.28. The van der Waals surface area contributed by atoms with E-state index in [1.807, 2.05) is 0 Å². The highest BCUT2D eigenvalue weighted by Crippen LogP contribution is 2.26. The molecule has 1 saturated heterocycles. The summed E-state index contributed by atoms with van der Waals surface area (Å²) in [6, 6.07) is 5.95. The maximum absolute atomic E-state index is 12.4. The second-order valence-electron chi connectivity index (χ2n) is 4.57. The van der Waals surface area contributed by atoms with Crippen molar-refractivity contribution in [2.75, 3.05) is 18.0 Å². The van der Waals surface area contributed by atoms with Crippen molar-refractivity contribution < 1.29 is 22.8 Å². The molecule has 0 bridgehead atoms. The normalized spacial score (nSPS) is 16.8. The number of anilines is 1. The smallest absolute Gasteiger partial charge is 0.293 e. The quantitative estimate of drug-likeness (QED) is 0.838. The first-order valence-electron chi connectivity index (χ1n) is 6.04. The average molecular weight is 286 g/mol. The Hall–Kier alpha value is -2.05. The molecule has 0 saturated carbocycles. The molecule has 0 atom stereocenters. The summed E-state index contributed by atoms with van der Waals surface area (Å²) in [7, 11) is 0. The zero-order valence-corrected chi connectivity index (χ0v) is 10.8. The third kappa shape index (κ3) is 2.92. The van der Waals surface area contributed by atoms with E-state index in [4.69, 9.17) is 0 Å². The Labute approximate surface area is 113 Å². The van der Waals surface area contributed by atoms with Gasteiger partial charge in [0.15, 0.2) is 0 Å². The number of amides is 3. The molecule has 4 nitrogen and oxygen atoms in total. The summed E-state index contributed by atoms with van der Waals surface area (Å²) >= 11 is 0. The van der Waals surface area contributed by atoms with Gasteiger partial charge in [0.25, 0.3) is 0 Å². The molecular weight excluding hydrogens is 273 g/mol. The minimum atomic E-state index is -4.60. The maximum atomic E-state index is 12.4. The molecule has 1 heterocycles. The third-order valence-electron chi connectivity index (χ3n) is 3.06. The molecule has 1 aromatic carbocycles. The summed E-state index contributed by atoms with van der Waals surface area (Å²) in [6.45, 7) is 0.303. The Morgan fingerprint density at radius 3 is 2.45 bits per heavy atom. The number of aryl methyl sites for hydroxylation is 1. The number of imide groups is 1. The molecule has 1 fully saturated rings. The van der Waals surface area contributed by atoms with Gasteiger partial charge >= 0.3 is 12.2 Å². The minimum absolute atomic E-state index is 0.0941. The van der Waals surface area contributed by atoms with E-state index in [-0.39, 0.29) is 17.9 Å². The van der Waals surface area contributed by atoms with Gasteiger partial charge in [-0.2, -0.15) is 13.2 Å². The lowest BCUT2D eigenvalue weighted by Gasteiger charge is -2.35. The van der Waals surface area contributed by atoms with Gasteiger partial charge in [-0.15, -0.1) is 0 Å². The van der Waals surface area contributed by atoms with Gasteiger partial charge in [-0.1, -0.05) is 18.2 Å². The first kappa shape index (κ1) is 14.4. The number of hydrogen-bond acceptors (Lipinski definition) is 2. The predicted molar refractivity (Wildman–Crippen MR) is 66.3 cm³/mol. The van der Waals surface area contributed by atoms with Gasteiger partial charge in [-0.3, -0.25) is 14.6 Å². The van der Waals surface area contributed by atoms with Crippen molar-refractivity contribution in [2.45, 2.75) is 19.5 Å². The van der Waals surface area contributed by atoms with Crippen LogP contribution in [-0.4, -0.2) is 36.1 Å². The van der Waals surface area contributed by atoms with Crippen LogP contribution >= 0.6 is 0 Å². The summed E-state index contributed by atoms with van der Waals surface area (Å²) in [4.78, 5) is 25.1. The fraction of sp³-hybridized carbons (Fsp3) is 0.385. The summed E-state index contributed by atoms with van der Waals surface area (Å²) in [5, 5.41) is 0. The van der Waals surface area contributed by atoms with E-state index in [1.165, 1.54) is 4.90 Å². The van der Waals surface area contributed by atoms with Crippen molar-refractivity contribution in [1.82, 2.24) is 4.90 Å². The molecule has 1 aromatic rings. The number of carbonyl (C=O) groups is 2. The van der Waals surface area contributed by atoms with E-state index < -0.39 is 24.7 Å². The Morgan fingerprint density at radius 1 is 1.20 bits per heavy atom. The number of carbonyl (C=O) groups excluding carboxylic acids is 2. The van der Waals surface area contributed by atoms with Crippen molar-refractivity contribution >= 4 is 17.6 Å². The number of alkyl halides is 3. The van der Waals surface area contributed by atoms with Gasteiger partial charge in [-0.25, -0.2) is 4.79 Å². The van der Waals surface area contributed by atoms with Gasteiger partial charge in [-0.05, 0) is 18.6 Å². The van der Waals surface area contributed by atoms with Gasteiger partial charge in [0.2, 0.25) is 5.91 Å². The molecule has 0 aromatic heterocycles. The van der Waals surface area contributed by atoms with Crippen molar-refractivity contribution in [3.63, 3.8) is 0 Å². The monoisotopic (exact) mass is 286 g/mol. The van der Waals surface area contributed by atoms with E-state index in [0.717, 1.165) is 5.56 Å². The van der Waals surface area contributed by atoms with Gasteiger partial charge in [0.05, 0.1) is 0 Å². The molecule has 7 heteroatoms. The number of para-hydroxylation sites is 1. The standard InChI is InChI=1S/C13H13F3N2O2/c1-9-4-2-3-5-10(9)17-7-6-11(19)18(12(17)20)8-13(14,15)16/h2-5H,6-8H2,1H3. The van der Waals surface area contributed by atoms with Gasteiger partial charge in [0.1, 0.15) is 6.54 Å². The van der Waals surface area contributed by atoms with Crippen molar-refractivity contribution in [2.24, 2.45) is 0 Å². The van der Waals surface area contributed by atoms with Crippen molar-refractivity contribution in [3.8, 4) is 0 Å². The molecular formula is C13H13F3N2O2. The molecule has 0 N–H and O–H groups in total. The van der Waals surface area contributed by atoms with E-state index >= 15 is 0 Å². The average Bonchev–Trinajstić information content (AvgIpc) is 2.35. The molecule has 0 unspecified atom stereocenters. The van der Waals surface area contributed by atoms with E-state index in [0.29, 0.717) is 5.69 Å². The van der Waals surface area contributed by atoms with Crippen LogP contribution < -0.4 is 4.90 Å². The summed E-state index contributed by atoms with van der Waals surface area (Å²) in [6.07, 6.45) is -4.71. The lowest BCUT2D eigenvalue weighted by atomic mass is 10.1. The Morgan fingerprint density at radius 2 is 1.85 bits per heavy atom. The maximum Gasteiger partial charge on any atom is 0.406 e. The van der Waals surface area contributed by atoms with Crippen LogP contribution in [0.2, 0.25) is 0 Å². The van der Waals surface area contributed by atoms with Crippen molar-refractivity contribution in [1.29, 1.82) is 0 Å². The number of benzene rings is 1. The van der Waals surface area contributed by atoms with E-state index in [1.54, 1.807) is 31.2 Å². The summed E-state index contributed by atoms with van der Waals surface area (Å²) in [5.41, 5.74) is 1.29. The molecule has 108 valence electrons. The molecule has 0 aliphatic carbocycles. The fourth-order valence-electron chi connectivity index (χ4n) is 2.12. The lowest BCUT2D eigenvalue weighted by molar-refractivity contribution is -0.155. The molecule has 1 aliphatic heterocycles. The van der Waals surface area contributed by atoms with Crippen LogP contribution in [0.1, 0.15) is 12.0 Å². The largest absolute Gasteiger partial charge is 0.406 e. The highest BCUT2D eigenvalue weighted by atomic mass is 19.4. The van der Waals surface area contributed by atoms with Gasteiger partial charge < -0.3 is 0 Å². The molecule has 0 radical (unpaired) electrons. The zero-order valence-electron chi connectivity index (χ0n) is 10.8. The predicted octanol–water partition coefficient (Wildman–Crippen LogP) is 2.72. The van der Waals surface area contributed by atoms with Crippen LogP contribution in [0.15, 0.2) is 24.3 Å². The van der Waals surface area contributed by atoms with Crippen LogP contribution in [0.5, 0.6) is 0 Å². The fourth-order valence-corrected chi connectivity index (χ4v) is 2.12. The highest BCUT2D eigenvalue weighted by molar-refractivity contribution is 6.06. The highest BCUT2D eigenvalue weighted by Gasteiger charge is 2.40. The van der Waals surface area contributed by atoms with Crippen LogP contribution in [0.4, 0.5) is 23.7 Å². The zero-order chi connectivity index (χ0) is 14.9. The van der Waals surface area contributed by atoms with Crippen LogP contribution in [0.25, 0.3) is 0 Å². The Bertz CT molecular complexity index is 543. The molecule has 0 spiro atoms. The number of hydrogen-bond donors (Lipinski definition) is 0. The van der Waals surface area contributed by atoms with E-state index in [9.17, 15) is 22.8 Å². The number of urea groups is 1. The molecule has 3 amide bonds. The van der Waals surface area contributed by atoms with Crippen LogP contribution in [-0.2, 0) is 4.79 Å². The second-order valence-corrected chi connectivity index (χ2v) is 4.57. The van der Waals surface area contributed by atoms with Crippen molar-refractivity contribution in [3.05, 3.63) is 29.8 Å². The minimum Gasteiger partial charge on any atom is -0.293 e.